The molecule has 7 nitrogen and oxygen atoms in total. The van der Waals surface area contributed by atoms with Crippen LogP contribution in [0.5, 0.6) is 0 Å². The number of nitrogens with one attached hydrogen (secondary N) is 2. The number of fused-ring (bicyclic) bond motifs is 1. The summed E-state index contributed by atoms with van der Waals surface area (Å²) in [7, 11) is 0. The lowest BCUT2D eigenvalue weighted by Gasteiger charge is -2.08. The quantitative estimate of drug-likeness (QED) is 0.757. The highest BCUT2D eigenvalue weighted by atomic mass is 19.4. The third kappa shape index (κ3) is 3.36. The van der Waals surface area contributed by atoms with E-state index in [0.717, 1.165) is 10.1 Å². The molecule has 0 saturated carbocycles. The number of alkyl halides is 3. The molecule has 0 unspecified atom stereocenters. The van der Waals surface area contributed by atoms with Gasteiger partial charge in [-0.25, -0.2) is 4.98 Å². The van der Waals surface area contributed by atoms with E-state index in [0.29, 0.717) is 24.5 Å². The zero-order valence-electron chi connectivity index (χ0n) is 12.6. The molecule has 0 aliphatic heterocycles. The van der Waals surface area contributed by atoms with E-state index in [-0.39, 0.29) is 11.3 Å². The summed E-state index contributed by atoms with van der Waals surface area (Å²) < 4.78 is 39.3. The van der Waals surface area contributed by atoms with Crippen molar-refractivity contribution in [3.8, 4) is 0 Å². The summed E-state index contributed by atoms with van der Waals surface area (Å²) >= 11 is 0. The summed E-state index contributed by atoms with van der Waals surface area (Å²) in [6.07, 6.45) is -2.47. The molecular weight excluding hydrogens is 325 g/mol. The van der Waals surface area contributed by atoms with Crippen molar-refractivity contribution in [1.29, 1.82) is 0 Å². The number of hydrogen-bond donors (Lipinski definition) is 2. The number of H-pyrrole nitrogens is 1. The molecule has 0 fully saturated rings. The van der Waals surface area contributed by atoms with E-state index in [4.69, 9.17) is 0 Å². The van der Waals surface area contributed by atoms with E-state index in [1.807, 2.05) is 0 Å². The summed E-state index contributed by atoms with van der Waals surface area (Å²) in [4.78, 5) is 20.9. The van der Waals surface area contributed by atoms with Gasteiger partial charge >= 0.3 is 6.18 Å². The van der Waals surface area contributed by atoms with E-state index >= 15 is 0 Å². The third-order valence-electron chi connectivity index (χ3n) is 3.26. The second kappa shape index (κ2) is 5.95. The van der Waals surface area contributed by atoms with Crippen LogP contribution in [-0.4, -0.2) is 31.1 Å². The van der Waals surface area contributed by atoms with Crippen LogP contribution in [0.2, 0.25) is 0 Å². The Kier molecular flexibility index (Phi) is 3.96. The molecule has 0 radical (unpaired) electrons. The van der Waals surface area contributed by atoms with Crippen molar-refractivity contribution >= 4 is 11.6 Å². The zero-order valence-corrected chi connectivity index (χ0v) is 12.6. The lowest BCUT2D eigenvalue weighted by atomic mass is 10.2. The Morgan fingerprint density at radius 2 is 2.08 bits per heavy atom. The van der Waals surface area contributed by atoms with E-state index in [1.165, 1.54) is 6.07 Å². The molecule has 0 spiro atoms. The highest BCUT2D eigenvalue weighted by Crippen LogP contribution is 2.27. The number of aromatic amines is 1. The molecule has 0 saturated heterocycles. The SMILES string of the molecule is Cc1cc(NCCc2ccc(=O)[nH]c2)n2nc(C(F)(F)F)nc2n1. The highest BCUT2D eigenvalue weighted by molar-refractivity contribution is 5.45. The van der Waals surface area contributed by atoms with E-state index in [1.54, 1.807) is 25.3 Å². The minimum Gasteiger partial charge on any atom is -0.370 e. The van der Waals surface area contributed by atoms with Crippen LogP contribution in [0.1, 0.15) is 17.1 Å². The maximum absolute atomic E-state index is 12.7. The van der Waals surface area contributed by atoms with Gasteiger partial charge in [-0.2, -0.15) is 22.7 Å². The van der Waals surface area contributed by atoms with Gasteiger partial charge < -0.3 is 10.3 Å². The number of rotatable bonds is 4. The first-order valence-corrected chi connectivity index (χ1v) is 7.06. The van der Waals surface area contributed by atoms with Gasteiger partial charge in [-0.3, -0.25) is 4.79 Å². The summed E-state index contributed by atoms with van der Waals surface area (Å²) in [5.74, 6) is -0.983. The molecule has 0 atom stereocenters. The van der Waals surface area contributed by atoms with Crippen molar-refractivity contribution in [2.24, 2.45) is 0 Å². The van der Waals surface area contributed by atoms with Crippen LogP contribution in [0.3, 0.4) is 0 Å². The maximum Gasteiger partial charge on any atom is 0.453 e. The number of aromatic nitrogens is 5. The van der Waals surface area contributed by atoms with Crippen molar-refractivity contribution in [3.05, 3.63) is 51.8 Å². The Morgan fingerprint density at radius 1 is 1.29 bits per heavy atom. The average molecular weight is 338 g/mol. The number of anilines is 1. The Morgan fingerprint density at radius 3 is 2.75 bits per heavy atom. The van der Waals surface area contributed by atoms with Crippen LogP contribution in [-0.2, 0) is 12.6 Å². The third-order valence-corrected chi connectivity index (χ3v) is 3.26. The predicted octanol–water partition coefficient (Wildman–Crippen LogP) is 1.79. The smallest absolute Gasteiger partial charge is 0.370 e. The Labute approximate surface area is 133 Å². The Hall–Kier alpha value is -2.91. The maximum atomic E-state index is 12.7. The molecule has 3 aromatic heterocycles. The first kappa shape index (κ1) is 16.0. The number of halogens is 3. The standard InChI is InChI=1S/C14H13F3N6O/c1-8-6-10(18-5-4-9-2-3-11(24)19-7-9)23-13(20-8)21-12(22-23)14(15,16)17/h2-3,6-7,18H,4-5H2,1H3,(H,19,24). The number of pyridine rings is 1. The molecular formula is C14H13F3N6O. The van der Waals surface area contributed by atoms with Gasteiger partial charge in [0.2, 0.25) is 5.56 Å². The van der Waals surface area contributed by atoms with Crippen LogP contribution in [0.25, 0.3) is 5.78 Å². The van der Waals surface area contributed by atoms with Gasteiger partial charge in [0.15, 0.2) is 0 Å². The molecule has 0 amide bonds. The molecule has 3 aromatic rings. The first-order valence-electron chi connectivity index (χ1n) is 7.06. The van der Waals surface area contributed by atoms with Gasteiger partial charge in [0, 0.05) is 30.6 Å². The van der Waals surface area contributed by atoms with Crippen molar-refractivity contribution in [2.45, 2.75) is 19.5 Å². The summed E-state index contributed by atoms with van der Waals surface area (Å²) in [5.41, 5.74) is 1.22. The Bertz CT molecular complexity index is 910. The predicted molar refractivity (Wildman–Crippen MR) is 79.8 cm³/mol. The number of hydrogen-bond acceptors (Lipinski definition) is 5. The normalized spacial score (nSPS) is 11.8. The number of nitrogens with zero attached hydrogens (tertiary/aromatic N) is 4. The van der Waals surface area contributed by atoms with E-state index in [2.05, 4.69) is 25.4 Å². The molecule has 126 valence electrons. The minimum atomic E-state index is -4.63. The van der Waals surface area contributed by atoms with Gasteiger partial charge in [-0.15, -0.1) is 5.10 Å². The van der Waals surface area contributed by atoms with E-state index < -0.39 is 12.0 Å². The summed E-state index contributed by atoms with van der Waals surface area (Å²) in [6.45, 7) is 2.10. The first-order chi connectivity index (χ1) is 11.3. The largest absolute Gasteiger partial charge is 0.453 e. The topological polar surface area (TPSA) is 88.0 Å². The molecule has 3 heterocycles. The average Bonchev–Trinajstić information content (AvgIpc) is 2.93. The van der Waals surface area contributed by atoms with Crippen LogP contribution in [0.15, 0.2) is 29.2 Å². The van der Waals surface area contributed by atoms with Gasteiger partial charge in [0.25, 0.3) is 11.6 Å². The molecule has 3 rings (SSSR count). The van der Waals surface area contributed by atoms with Crippen LogP contribution in [0, 0.1) is 6.92 Å². The van der Waals surface area contributed by atoms with Gasteiger partial charge in [-0.05, 0) is 18.9 Å². The second-order valence-electron chi connectivity index (χ2n) is 5.17. The fourth-order valence-corrected chi connectivity index (χ4v) is 2.17. The minimum absolute atomic E-state index is 0.117. The van der Waals surface area contributed by atoms with E-state index in [9.17, 15) is 18.0 Å². The van der Waals surface area contributed by atoms with Crippen molar-refractivity contribution in [1.82, 2.24) is 24.6 Å². The fraction of sp³-hybridized carbons (Fsp3) is 0.286. The zero-order chi connectivity index (χ0) is 17.3. The summed E-state index contributed by atoms with van der Waals surface area (Å²) in [6, 6.07) is 4.69. The molecule has 10 heteroatoms. The van der Waals surface area contributed by atoms with Crippen molar-refractivity contribution in [2.75, 3.05) is 11.9 Å². The molecule has 24 heavy (non-hydrogen) atoms. The molecule has 0 aliphatic carbocycles. The van der Waals surface area contributed by atoms with Gasteiger partial charge in [-0.1, -0.05) is 6.07 Å². The molecule has 0 bridgehead atoms. The number of aryl methyl sites for hydroxylation is 1. The lowest BCUT2D eigenvalue weighted by Crippen LogP contribution is -2.12. The monoisotopic (exact) mass is 338 g/mol. The molecule has 0 aromatic carbocycles. The molecule has 2 N–H and O–H groups in total. The second-order valence-corrected chi connectivity index (χ2v) is 5.17. The Balaban J connectivity index is 1.81. The highest BCUT2D eigenvalue weighted by Gasteiger charge is 2.36. The summed E-state index contributed by atoms with van der Waals surface area (Å²) in [5, 5.41) is 6.49. The van der Waals surface area contributed by atoms with Gasteiger partial charge in [0.1, 0.15) is 5.82 Å². The molecule has 0 aliphatic rings. The fourth-order valence-electron chi connectivity index (χ4n) is 2.17. The van der Waals surface area contributed by atoms with Crippen LogP contribution in [0.4, 0.5) is 19.0 Å². The van der Waals surface area contributed by atoms with Crippen molar-refractivity contribution in [3.63, 3.8) is 0 Å². The van der Waals surface area contributed by atoms with Gasteiger partial charge in [0.05, 0.1) is 0 Å². The van der Waals surface area contributed by atoms with Crippen molar-refractivity contribution < 1.29 is 13.2 Å². The lowest BCUT2D eigenvalue weighted by molar-refractivity contribution is -0.144. The van der Waals surface area contributed by atoms with Crippen LogP contribution < -0.4 is 10.9 Å². The van der Waals surface area contributed by atoms with Crippen LogP contribution >= 0.6 is 0 Å².